The van der Waals surface area contributed by atoms with Gasteiger partial charge in [-0.1, -0.05) is 0 Å². The number of hydrogen-bond acceptors (Lipinski definition) is 4. The van der Waals surface area contributed by atoms with Crippen LogP contribution in [0, 0.1) is 16.7 Å². The van der Waals surface area contributed by atoms with E-state index in [4.69, 9.17) is 0 Å². The lowest BCUT2D eigenvalue weighted by Crippen LogP contribution is -2.23. The molecule has 0 aromatic rings. The third-order valence-corrected chi connectivity index (χ3v) is 1.60. The molecule has 0 aromatic carbocycles. The van der Waals surface area contributed by atoms with Crippen LogP contribution in [0.5, 0.6) is 0 Å². The molecule has 0 rings (SSSR count). The SMILES string of the molecule is CC(C)N(C)[CH]CCN=N[N+](=O)[O-]. The summed E-state index contributed by atoms with van der Waals surface area (Å²) in [5, 5.41) is 15.1. The van der Waals surface area contributed by atoms with Crippen LogP contribution in [0.25, 0.3) is 0 Å². The standard InChI is InChI=1S/C7H15N4O2/c1-7(2)10(3)6-4-5-8-9-11(12)13/h6-7H,4-5H2,1-3H3. The molecule has 0 bridgehead atoms. The summed E-state index contributed by atoms with van der Waals surface area (Å²) in [6.45, 7) is 6.44. The van der Waals surface area contributed by atoms with Crippen LogP contribution in [0.4, 0.5) is 0 Å². The molecule has 0 heterocycles. The number of hydrogen-bond donors (Lipinski definition) is 0. The third kappa shape index (κ3) is 7.32. The first-order chi connectivity index (χ1) is 6.04. The van der Waals surface area contributed by atoms with Crippen molar-refractivity contribution in [1.29, 1.82) is 0 Å². The van der Waals surface area contributed by atoms with Crippen molar-refractivity contribution in [2.75, 3.05) is 13.6 Å². The van der Waals surface area contributed by atoms with E-state index in [-0.39, 0.29) is 0 Å². The van der Waals surface area contributed by atoms with E-state index in [9.17, 15) is 10.1 Å². The van der Waals surface area contributed by atoms with Crippen molar-refractivity contribution in [3.63, 3.8) is 0 Å². The van der Waals surface area contributed by atoms with Crippen LogP contribution in [-0.2, 0) is 0 Å². The molecule has 0 N–H and O–H groups in total. The average molecular weight is 187 g/mol. The zero-order valence-electron chi connectivity index (χ0n) is 8.17. The Hall–Kier alpha value is -1.04. The largest absolute Gasteiger partial charge is 0.337 e. The van der Waals surface area contributed by atoms with E-state index in [0.717, 1.165) is 0 Å². The molecular formula is C7H15N4O2. The quantitative estimate of drug-likeness (QED) is 0.274. The molecule has 75 valence electrons. The zero-order chi connectivity index (χ0) is 10.3. The van der Waals surface area contributed by atoms with Crippen molar-refractivity contribution < 1.29 is 5.03 Å². The molecule has 0 amide bonds. The van der Waals surface area contributed by atoms with Crippen LogP contribution < -0.4 is 0 Å². The van der Waals surface area contributed by atoms with Gasteiger partial charge < -0.3 is 10.1 Å². The summed E-state index contributed by atoms with van der Waals surface area (Å²) in [4.78, 5) is 11.8. The number of nitrogens with zero attached hydrogens (tertiary/aromatic N) is 4. The molecular weight excluding hydrogens is 172 g/mol. The average Bonchev–Trinajstić information content (AvgIpc) is 2.02. The van der Waals surface area contributed by atoms with E-state index >= 15 is 0 Å². The summed E-state index contributed by atoms with van der Waals surface area (Å²) in [6.07, 6.45) is 0.673. The Morgan fingerprint density at radius 1 is 1.62 bits per heavy atom. The first-order valence-electron chi connectivity index (χ1n) is 4.11. The molecule has 0 aromatic heterocycles. The van der Waals surface area contributed by atoms with Gasteiger partial charge in [0.15, 0.2) is 11.8 Å². The number of rotatable bonds is 6. The fraction of sp³-hybridized carbons (Fsp3) is 0.857. The van der Waals surface area contributed by atoms with Crippen LogP contribution >= 0.6 is 0 Å². The smallest absolute Gasteiger partial charge is 0.177 e. The van der Waals surface area contributed by atoms with Crippen molar-refractivity contribution in [2.24, 2.45) is 10.3 Å². The molecule has 0 aliphatic heterocycles. The van der Waals surface area contributed by atoms with Gasteiger partial charge in [-0.3, -0.25) is 4.90 Å². The van der Waals surface area contributed by atoms with Gasteiger partial charge in [-0.25, -0.2) is 0 Å². The second kappa shape index (κ2) is 6.47. The van der Waals surface area contributed by atoms with Gasteiger partial charge in [0.1, 0.15) is 0 Å². The van der Waals surface area contributed by atoms with Gasteiger partial charge in [-0.15, -0.1) is 0 Å². The Kier molecular flexibility index (Phi) is 5.96. The lowest BCUT2D eigenvalue weighted by atomic mass is 10.3. The van der Waals surface area contributed by atoms with E-state index in [2.05, 4.69) is 24.2 Å². The maximum absolute atomic E-state index is 9.73. The maximum atomic E-state index is 9.73. The van der Waals surface area contributed by atoms with Gasteiger partial charge in [-0.05, 0) is 20.9 Å². The molecule has 6 nitrogen and oxygen atoms in total. The molecule has 0 saturated heterocycles. The minimum Gasteiger partial charge on any atom is -0.337 e. The van der Waals surface area contributed by atoms with Gasteiger partial charge in [0.25, 0.3) is 0 Å². The van der Waals surface area contributed by atoms with Gasteiger partial charge in [0.2, 0.25) is 0 Å². The molecule has 0 atom stereocenters. The summed E-state index contributed by atoms with van der Waals surface area (Å²) >= 11 is 0. The summed E-state index contributed by atoms with van der Waals surface area (Å²) in [7, 11) is 1.95. The Morgan fingerprint density at radius 2 is 2.23 bits per heavy atom. The minimum atomic E-state index is -0.799. The van der Waals surface area contributed by atoms with Gasteiger partial charge in [0.05, 0.1) is 5.03 Å². The van der Waals surface area contributed by atoms with Crippen LogP contribution in [0.15, 0.2) is 10.3 Å². The summed E-state index contributed by atoms with van der Waals surface area (Å²) in [6, 6.07) is 0.437. The first kappa shape index (κ1) is 12.0. The van der Waals surface area contributed by atoms with Gasteiger partial charge in [-0.2, -0.15) is 0 Å². The highest BCUT2D eigenvalue weighted by molar-refractivity contribution is 4.68. The van der Waals surface area contributed by atoms with E-state index in [1.807, 2.05) is 18.5 Å². The highest BCUT2D eigenvalue weighted by atomic mass is 16.7. The highest BCUT2D eigenvalue weighted by Gasteiger charge is 2.03. The molecule has 0 unspecified atom stereocenters. The zero-order valence-corrected chi connectivity index (χ0v) is 8.17. The van der Waals surface area contributed by atoms with Crippen LogP contribution in [0.3, 0.4) is 0 Å². The van der Waals surface area contributed by atoms with Crippen molar-refractivity contribution in [3.05, 3.63) is 16.7 Å². The molecule has 0 fully saturated rings. The number of nitro groups is 1. The Bertz CT molecular complexity index is 181. The monoisotopic (exact) mass is 187 g/mol. The Morgan fingerprint density at radius 3 is 2.69 bits per heavy atom. The molecule has 0 saturated carbocycles. The van der Waals surface area contributed by atoms with E-state index < -0.39 is 5.03 Å². The third-order valence-electron chi connectivity index (χ3n) is 1.60. The van der Waals surface area contributed by atoms with Gasteiger partial charge in [0, 0.05) is 24.1 Å². The molecule has 0 aliphatic rings. The predicted octanol–water partition coefficient (Wildman–Crippen LogP) is 1.52. The summed E-state index contributed by atoms with van der Waals surface area (Å²) in [5.41, 5.74) is 0. The van der Waals surface area contributed by atoms with Crippen molar-refractivity contribution in [2.45, 2.75) is 26.3 Å². The van der Waals surface area contributed by atoms with Crippen LogP contribution in [-0.4, -0.2) is 29.6 Å². The highest BCUT2D eigenvalue weighted by Crippen LogP contribution is 2.00. The molecule has 1 radical (unpaired) electrons. The van der Waals surface area contributed by atoms with Crippen molar-refractivity contribution >= 4 is 0 Å². The lowest BCUT2D eigenvalue weighted by Gasteiger charge is -2.18. The summed E-state index contributed by atoms with van der Waals surface area (Å²) in [5.74, 6) is 0. The Labute approximate surface area is 77.8 Å². The second-order valence-corrected chi connectivity index (χ2v) is 2.92. The minimum absolute atomic E-state index is 0.359. The van der Waals surface area contributed by atoms with Gasteiger partial charge >= 0.3 is 0 Å². The van der Waals surface area contributed by atoms with Crippen LogP contribution in [0.1, 0.15) is 20.3 Å². The van der Waals surface area contributed by atoms with E-state index in [1.165, 1.54) is 0 Å². The van der Waals surface area contributed by atoms with E-state index in [0.29, 0.717) is 19.0 Å². The molecule has 6 heteroatoms. The van der Waals surface area contributed by atoms with E-state index in [1.54, 1.807) is 0 Å². The maximum Gasteiger partial charge on any atom is 0.177 e. The first-order valence-corrected chi connectivity index (χ1v) is 4.11. The van der Waals surface area contributed by atoms with Crippen molar-refractivity contribution in [3.8, 4) is 0 Å². The van der Waals surface area contributed by atoms with Crippen LogP contribution in [0.2, 0.25) is 0 Å². The van der Waals surface area contributed by atoms with Crippen molar-refractivity contribution in [1.82, 2.24) is 4.90 Å². The predicted molar refractivity (Wildman–Crippen MR) is 48.5 cm³/mol. The fourth-order valence-electron chi connectivity index (χ4n) is 0.626. The lowest BCUT2D eigenvalue weighted by molar-refractivity contribution is -0.494. The Balaban J connectivity index is 3.40. The normalized spacial score (nSPS) is 11.8. The molecule has 0 spiro atoms. The summed E-state index contributed by atoms with van der Waals surface area (Å²) < 4.78 is 0. The molecule has 0 aliphatic carbocycles. The fourth-order valence-corrected chi connectivity index (χ4v) is 0.626. The topological polar surface area (TPSA) is 71.1 Å². The molecule has 13 heavy (non-hydrogen) atoms. The second-order valence-electron chi connectivity index (χ2n) is 2.92.